The molecule has 0 amide bonds. The first kappa shape index (κ1) is 13.4. The van der Waals surface area contributed by atoms with E-state index in [0.29, 0.717) is 10.6 Å². The number of methoxy groups -OCH3 is 1. The van der Waals surface area contributed by atoms with Crippen LogP contribution in [0.1, 0.15) is 25.3 Å². The van der Waals surface area contributed by atoms with Gasteiger partial charge in [-0.3, -0.25) is 0 Å². The summed E-state index contributed by atoms with van der Waals surface area (Å²) >= 11 is 0. The third kappa shape index (κ3) is 2.37. The molecule has 1 fully saturated rings. The van der Waals surface area contributed by atoms with Gasteiger partial charge in [-0.05, 0) is 38.4 Å². The molecule has 1 saturated heterocycles. The van der Waals surface area contributed by atoms with Crippen LogP contribution in [-0.4, -0.2) is 28.3 Å². The number of ether oxygens (including phenoxy) is 1. The Bertz CT molecular complexity index is 545. The fraction of sp³-hybridized carbons (Fsp3) is 0.538. The third-order valence-electron chi connectivity index (χ3n) is 3.56. The highest BCUT2D eigenvalue weighted by atomic mass is 32.2. The Labute approximate surface area is 108 Å². The molecule has 0 radical (unpaired) electrons. The molecule has 1 unspecified atom stereocenters. The van der Waals surface area contributed by atoms with Crippen molar-refractivity contribution in [1.29, 1.82) is 0 Å². The third-order valence-corrected chi connectivity index (χ3v) is 4.67. The molecule has 1 N–H and O–H groups in total. The van der Waals surface area contributed by atoms with Crippen molar-refractivity contribution in [3.05, 3.63) is 23.8 Å². The van der Waals surface area contributed by atoms with Crippen molar-refractivity contribution in [2.45, 2.75) is 30.2 Å². The van der Waals surface area contributed by atoms with Crippen LogP contribution in [0, 0.1) is 0 Å². The number of sulfone groups is 1. The van der Waals surface area contributed by atoms with Gasteiger partial charge in [0.15, 0.2) is 9.84 Å². The van der Waals surface area contributed by atoms with E-state index in [9.17, 15) is 8.42 Å². The van der Waals surface area contributed by atoms with Crippen molar-refractivity contribution in [1.82, 2.24) is 5.32 Å². The Morgan fingerprint density at radius 3 is 2.61 bits per heavy atom. The molecule has 18 heavy (non-hydrogen) atoms. The SMILES string of the molecule is COc1cc(S(C)(=O)=O)ccc1C1(C)CCCN1. The lowest BCUT2D eigenvalue weighted by molar-refractivity contribution is 0.370. The highest BCUT2D eigenvalue weighted by Crippen LogP contribution is 2.37. The molecule has 1 atom stereocenters. The van der Waals surface area contributed by atoms with Gasteiger partial charge in [-0.25, -0.2) is 8.42 Å². The van der Waals surface area contributed by atoms with Gasteiger partial charge in [0.05, 0.1) is 12.0 Å². The Hall–Kier alpha value is -1.07. The topological polar surface area (TPSA) is 55.4 Å². The normalized spacial score (nSPS) is 24.2. The van der Waals surface area contributed by atoms with Crippen molar-refractivity contribution in [2.75, 3.05) is 19.9 Å². The Morgan fingerprint density at radius 1 is 1.39 bits per heavy atom. The van der Waals surface area contributed by atoms with E-state index in [1.165, 1.54) is 6.26 Å². The first-order valence-electron chi connectivity index (χ1n) is 6.00. The largest absolute Gasteiger partial charge is 0.496 e. The van der Waals surface area contributed by atoms with Crippen molar-refractivity contribution in [2.24, 2.45) is 0 Å². The lowest BCUT2D eigenvalue weighted by Gasteiger charge is -2.27. The molecular formula is C13H19NO3S. The molecule has 100 valence electrons. The molecule has 1 aromatic rings. The van der Waals surface area contributed by atoms with Crippen LogP contribution >= 0.6 is 0 Å². The Morgan fingerprint density at radius 2 is 2.11 bits per heavy atom. The van der Waals surface area contributed by atoms with E-state index in [0.717, 1.165) is 24.9 Å². The summed E-state index contributed by atoms with van der Waals surface area (Å²) in [5.74, 6) is 0.634. The molecule has 0 aliphatic carbocycles. The van der Waals surface area contributed by atoms with Gasteiger partial charge in [0.25, 0.3) is 0 Å². The molecule has 1 aromatic carbocycles. The van der Waals surface area contributed by atoms with Gasteiger partial charge in [0, 0.05) is 17.4 Å². The zero-order valence-corrected chi connectivity index (χ0v) is 11.8. The van der Waals surface area contributed by atoms with E-state index in [1.54, 1.807) is 19.2 Å². The smallest absolute Gasteiger partial charge is 0.175 e. The molecule has 1 aliphatic rings. The lowest BCUT2D eigenvalue weighted by atomic mass is 9.90. The maximum Gasteiger partial charge on any atom is 0.175 e. The van der Waals surface area contributed by atoms with Crippen LogP contribution in [-0.2, 0) is 15.4 Å². The van der Waals surface area contributed by atoms with E-state index < -0.39 is 9.84 Å². The number of hydrogen-bond acceptors (Lipinski definition) is 4. The summed E-state index contributed by atoms with van der Waals surface area (Å²) in [6.45, 7) is 3.10. The number of hydrogen-bond donors (Lipinski definition) is 1. The van der Waals surface area contributed by atoms with Crippen LogP contribution in [0.3, 0.4) is 0 Å². The minimum Gasteiger partial charge on any atom is -0.496 e. The van der Waals surface area contributed by atoms with Gasteiger partial charge in [-0.2, -0.15) is 0 Å². The molecule has 1 aliphatic heterocycles. The standard InChI is InChI=1S/C13H19NO3S/c1-13(7-4-8-14-13)11-6-5-10(18(3,15)16)9-12(11)17-2/h5-6,9,14H,4,7-8H2,1-3H3. The van der Waals surface area contributed by atoms with Crippen molar-refractivity contribution in [3.8, 4) is 5.75 Å². The lowest BCUT2D eigenvalue weighted by Crippen LogP contribution is -2.33. The molecular weight excluding hydrogens is 250 g/mol. The van der Waals surface area contributed by atoms with E-state index in [-0.39, 0.29) is 5.54 Å². The van der Waals surface area contributed by atoms with Crippen LogP contribution in [0.2, 0.25) is 0 Å². The van der Waals surface area contributed by atoms with Crippen LogP contribution in [0.25, 0.3) is 0 Å². The molecule has 0 spiro atoms. The summed E-state index contributed by atoms with van der Waals surface area (Å²) in [5.41, 5.74) is 0.899. The average molecular weight is 269 g/mol. The predicted octanol–water partition coefficient (Wildman–Crippen LogP) is 1.70. The second-order valence-corrected chi connectivity index (χ2v) is 7.01. The molecule has 1 heterocycles. The summed E-state index contributed by atoms with van der Waals surface area (Å²) in [5, 5.41) is 3.45. The van der Waals surface area contributed by atoms with Crippen molar-refractivity contribution >= 4 is 9.84 Å². The van der Waals surface area contributed by atoms with E-state index >= 15 is 0 Å². The van der Waals surface area contributed by atoms with Gasteiger partial charge in [0.1, 0.15) is 5.75 Å². The van der Waals surface area contributed by atoms with Crippen LogP contribution in [0.4, 0.5) is 0 Å². The quantitative estimate of drug-likeness (QED) is 0.907. The van der Waals surface area contributed by atoms with Crippen molar-refractivity contribution < 1.29 is 13.2 Å². The second kappa shape index (κ2) is 4.55. The molecule has 0 bridgehead atoms. The van der Waals surface area contributed by atoms with Gasteiger partial charge in [0.2, 0.25) is 0 Å². The first-order chi connectivity index (χ1) is 8.37. The van der Waals surface area contributed by atoms with Gasteiger partial charge in [-0.15, -0.1) is 0 Å². The first-order valence-corrected chi connectivity index (χ1v) is 7.89. The number of nitrogens with one attached hydrogen (secondary N) is 1. The minimum absolute atomic E-state index is 0.124. The molecule has 4 nitrogen and oxygen atoms in total. The molecule has 2 rings (SSSR count). The highest BCUT2D eigenvalue weighted by Gasteiger charge is 2.33. The highest BCUT2D eigenvalue weighted by molar-refractivity contribution is 7.90. The monoisotopic (exact) mass is 269 g/mol. The fourth-order valence-electron chi connectivity index (χ4n) is 2.48. The van der Waals surface area contributed by atoms with Gasteiger partial charge < -0.3 is 10.1 Å². The Balaban J connectivity index is 2.50. The second-order valence-electron chi connectivity index (χ2n) is 5.00. The summed E-state index contributed by atoms with van der Waals surface area (Å²) < 4.78 is 28.4. The Kier molecular flexibility index (Phi) is 3.38. The van der Waals surface area contributed by atoms with Crippen LogP contribution < -0.4 is 10.1 Å². The van der Waals surface area contributed by atoms with E-state index in [1.807, 2.05) is 6.07 Å². The minimum atomic E-state index is -3.20. The van der Waals surface area contributed by atoms with E-state index in [4.69, 9.17) is 4.74 Å². The summed E-state index contributed by atoms with van der Waals surface area (Å²) in [6, 6.07) is 5.11. The number of rotatable bonds is 3. The fourth-order valence-corrected chi connectivity index (χ4v) is 3.12. The molecule has 0 aromatic heterocycles. The van der Waals surface area contributed by atoms with Crippen molar-refractivity contribution in [3.63, 3.8) is 0 Å². The summed E-state index contributed by atoms with van der Waals surface area (Å²) in [6.07, 6.45) is 3.35. The van der Waals surface area contributed by atoms with Gasteiger partial charge >= 0.3 is 0 Å². The van der Waals surface area contributed by atoms with E-state index in [2.05, 4.69) is 12.2 Å². The summed E-state index contributed by atoms with van der Waals surface area (Å²) in [4.78, 5) is 0.296. The predicted molar refractivity (Wildman–Crippen MR) is 70.7 cm³/mol. The maximum absolute atomic E-state index is 11.5. The number of benzene rings is 1. The van der Waals surface area contributed by atoms with Crippen LogP contribution in [0.15, 0.2) is 23.1 Å². The van der Waals surface area contributed by atoms with Crippen LogP contribution in [0.5, 0.6) is 5.75 Å². The zero-order chi connectivity index (χ0) is 13.4. The zero-order valence-electron chi connectivity index (χ0n) is 11.0. The maximum atomic E-state index is 11.5. The van der Waals surface area contributed by atoms with Gasteiger partial charge in [-0.1, -0.05) is 6.07 Å². The molecule has 5 heteroatoms. The summed E-state index contributed by atoms with van der Waals surface area (Å²) in [7, 11) is -1.62. The molecule has 0 saturated carbocycles. The average Bonchev–Trinajstić information content (AvgIpc) is 2.75.